The Morgan fingerprint density at radius 1 is 1.21 bits per heavy atom. The second-order valence-electron chi connectivity index (χ2n) is 5.90. The molecule has 3 heteroatoms. The summed E-state index contributed by atoms with van der Waals surface area (Å²) in [7, 11) is 4.17. The van der Waals surface area contributed by atoms with Crippen LogP contribution in [0.3, 0.4) is 0 Å². The normalized spacial score (nSPS) is 23.2. The molecule has 1 heterocycles. The van der Waals surface area contributed by atoms with Crippen molar-refractivity contribution in [3.8, 4) is 0 Å². The average molecular weight is 261 g/mol. The Balaban J connectivity index is 2.08. The van der Waals surface area contributed by atoms with Crippen LogP contribution in [0.15, 0.2) is 18.2 Å². The monoisotopic (exact) mass is 261 g/mol. The summed E-state index contributed by atoms with van der Waals surface area (Å²) in [5.41, 5.74) is 3.24. The van der Waals surface area contributed by atoms with E-state index < -0.39 is 0 Å². The van der Waals surface area contributed by atoms with Gasteiger partial charge in [0.25, 0.3) is 5.91 Å². The zero-order chi connectivity index (χ0) is 14.0. The van der Waals surface area contributed by atoms with Gasteiger partial charge >= 0.3 is 0 Å². The highest BCUT2D eigenvalue weighted by Gasteiger charge is 2.26. The van der Waals surface area contributed by atoms with Gasteiger partial charge in [0.15, 0.2) is 0 Å². The maximum absolute atomic E-state index is 12.5. The molecule has 1 amide bonds. The lowest BCUT2D eigenvalue weighted by atomic mass is 10.0. The van der Waals surface area contributed by atoms with Crippen LogP contribution in [0.5, 0.6) is 0 Å². The molecule has 1 saturated heterocycles. The van der Waals surface area contributed by atoms with Crippen molar-refractivity contribution in [2.24, 2.45) is 0 Å². The maximum Gasteiger partial charge on any atom is 0.253 e. The van der Waals surface area contributed by atoms with Crippen molar-refractivity contribution < 1.29 is 9.69 Å². The minimum Gasteiger partial charge on any atom is -0.338 e. The molecule has 0 radical (unpaired) electrons. The SMILES string of the molecule is Cc1ccc(C(=O)N(C)C2CC[NH+](C)CC2)cc1C. The van der Waals surface area contributed by atoms with Gasteiger partial charge in [-0.1, -0.05) is 6.07 Å². The van der Waals surface area contributed by atoms with Crippen LogP contribution in [-0.4, -0.2) is 44.0 Å². The number of nitrogens with one attached hydrogen (secondary N) is 1. The van der Waals surface area contributed by atoms with Crippen molar-refractivity contribution in [1.82, 2.24) is 4.90 Å². The summed E-state index contributed by atoms with van der Waals surface area (Å²) in [6.07, 6.45) is 2.22. The van der Waals surface area contributed by atoms with Crippen LogP contribution in [0, 0.1) is 13.8 Å². The third-order valence-corrected chi connectivity index (χ3v) is 4.43. The Bertz CT molecular complexity index is 462. The molecular formula is C16H25N2O+. The largest absolute Gasteiger partial charge is 0.338 e. The van der Waals surface area contributed by atoms with Crippen LogP contribution in [0.2, 0.25) is 0 Å². The number of carbonyl (C=O) groups is 1. The maximum atomic E-state index is 12.5. The average Bonchev–Trinajstić information content (AvgIpc) is 2.41. The molecule has 3 nitrogen and oxygen atoms in total. The fraction of sp³-hybridized carbons (Fsp3) is 0.562. The molecule has 1 aromatic carbocycles. The summed E-state index contributed by atoms with van der Waals surface area (Å²) in [6, 6.07) is 6.39. The molecular weight excluding hydrogens is 236 g/mol. The summed E-state index contributed by atoms with van der Waals surface area (Å²) < 4.78 is 0. The van der Waals surface area contributed by atoms with Gasteiger partial charge in [-0.2, -0.15) is 0 Å². The summed E-state index contributed by atoms with van der Waals surface area (Å²) in [4.78, 5) is 16.0. The van der Waals surface area contributed by atoms with Gasteiger partial charge in [-0.15, -0.1) is 0 Å². The molecule has 1 N–H and O–H groups in total. The van der Waals surface area contributed by atoms with Crippen molar-refractivity contribution in [2.75, 3.05) is 27.2 Å². The van der Waals surface area contributed by atoms with E-state index in [9.17, 15) is 4.79 Å². The number of rotatable bonds is 2. The van der Waals surface area contributed by atoms with Crippen LogP contribution < -0.4 is 4.90 Å². The fourth-order valence-electron chi connectivity index (χ4n) is 2.73. The van der Waals surface area contributed by atoms with Gasteiger partial charge in [-0.3, -0.25) is 4.79 Å². The van der Waals surface area contributed by atoms with Crippen molar-refractivity contribution in [2.45, 2.75) is 32.7 Å². The van der Waals surface area contributed by atoms with Crippen LogP contribution in [-0.2, 0) is 0 Å². The van der Waals surface area contributed by atoms with Crippen LogP contribution in [0.4, 0.5) is 0 Å². The molecule has 0 saturated carbocycles. The number of piperidine rings is 1. The first kappa shape index (κ1) is 14.1. The molecule has 104 valence electrons. The van der Waals surface area contributed by atoms with E-state index >= 15 is 0 Å². The first-order valence-electron chi connectivity index (χ1n) is 7.14. The summed E-state index contributed by atoms with van der Waals surface area (Å²) in [5.74, 6) is 0.160. The minimum absolute atomic E-state index is 0.160. The second-order valence-corrected chi connectivity index (χ2v) is 5.90. The van der Waals surface area contributed by atoms with E-state index in [1.165, 1.54) is 11.1 Å². The predicted molar refractivity (Wildman–Crippen MR) is 77.7 cm³/mol. The van der Waals surface area contributed by atoms with E-state index in [0.29, 0.717) is 6.04 Å². The first-order chi connectivity index (χ1) is 8.99. The van der Waals surface area contributed by atoms with Gasteiger partial charge in [0.05, 0.1) is 20.1 Å². The molecule has 0 aliphatic carbocycles. The molecule has 0 unspecified atom stereocenters. The quantitative estimate of drug-likeness (QED) is 0.846. The second kappa shape index (κ2) is 5.74. The zero-order valence-electron chi connectivity index (χ0n) is 12.5. The standard InChI is InChI=1S/C16H24N2O/c1-12-5-6-14(11-13(12)2)16(19)18(4)15-7-9-17(3)10-8-15/h5-6,11,15H,7-10H2,1-4H3/p+1. The van der Waals surface area contributed by atoms with E-state index in [1.54, 1.807) is 4.90 Å². The predicted octanol–water partition coefficient (Wildman–Crippen LogP) is 1.05. The number of hydrogen-bond donors (Lipinski definition) is 1. The number of amides is 1. The molecule has 1 aliphatic rings. The van der Waals surface area contributed by atoms with Gasteiger partial charge < -0.3 is 9.80 Å². The number of aryl methyl sites for hydroxylation is 2. The first-order valence-corrected chi connectivity index (χ1v) is 7.14. The Labute approximate surface area is 116 Å². The van der Waals surface area contributed by atoms with E-state index in [0.717, 1.165) is 31.5 Å². The molecule has 1 aliphatic heterocycles. The lowest BCUT2D eigenvalue weighted by Crippen LogP contribution is -3.10. The number of benzene rings is 1. The van der Waals surface area contributed by atoms with Crippen molar-refractivity contribution in [3.05, 3.63) is 34.9 Å². The van der Waals surface area contributed by atoms with Gasteiger partial charge in [0.1, 0.15) is 0 Å². The van der Waals surface area contributed by atoms with Crippen LogP contribution in [0.25, 0.3) is 0 Å². The number of nitrogens with zero attached hydrogens (tertiary/aromatic N) is 1. The molecule has 0 spiro atoms. The van der Waals surface area contributed by atoms with Gasteiger partial charge in [0, 0.05) is 31.5 Å². The third-order valence-electron chi connectivity index (χ3n) is 4.43. The molecule has 0 bridgehead atoms. The smallest absolute Gasteiger partial charge is 0.253 e. The fourth-order valence-corrected chi connectivity index (χ4v) is 2.73. The van der Waals surface area contributed by atoms with Crippen LogP contribution >= 0.6 is 0 Å². The summed E-state index contributed by atoms with van der Waals surface area (Å²) >= 11 is 0. The van der Waals surface area contributed by atoms with E-state index in [1.807, 2.05) is 30.1 Å². The van der Waals surface area contributed by atoms with E-state index in [4.69, 9.17) is 0 Å². The van der Waals surface area contributed by atoms with Crippen LogP contribution in [0.1, 0.15) is 34.3 Å². The molecule has 0 atom stereocenters. The van der Waals surface area contributed by atoms with Crippen molar-refractivity contribution in [3.63, 3.8) is 0 Å². The van der Waals surface area contributed by atoms with Crippen molar-refractivity contribution >= 4 is 5.91 Å². The highest BCUT2D eigenvalue weighted by atomic mass is 16.2. The number of hydrogen-bond acceptors (Lipinski definition) is 1. The molecule has 1 fully saturated rings. The summed E-state index contributed by atoms with van der Waals surface area (Å²) in [6.45, 7) is 6.46. The number of carbonyl (C=O) groups excluding carboxylic acids is 1. The Morgan fingerprint density at radius 3 is 2.42 bits per heavy atom. The molecule has 2 rings (SSSR count). The lowest BCUT2D eigenvalue weighted by Gasteiger charge is -2.33. The van der Waals surface area contributed by atoms with Gasteiger partial charge in [-0.05, 0) is 37.1 Å². The molecule has 1 aromatic rings. The minimum atomic E-state index is 0.160. The Hall–Kier alpha value is -1.35. The topological polar surface area (TPSA) is 24.8 Å². The zero-order valence-corrected chi connectivity index (χ0v) is 12.5. The van der Waals surface area contributed by atoms with E-state index in [2.05, 4.69) is 20.9 Å². The van der Waals surface area contributed by atoms with Crippen molar-refractivity contribution in [1.29, 1.82) is 0 Å². The Morgan fingerprint density at radius 2 is 1.84 bits per heavy atom. The van der Waals surface area contributed by atoms with E-state index in [-0.39, 0.29) is 5.91 Å². The summed E-state index contributed by atoms with van der Waals surface area (Å²) in [5, 5.41) is 0. The highest BCUT2D eigenvalue weighted by molar-refractivity contribution is 5.94. The molecule has 19 heavy (non-hydrogen) atoms. The van der Waals surface area contributed by atoms with Gasteiger partial charge in [0.2, 0.25) is 0 Å². The highest BCUT2D eigenvalue weighted by Crippen LogP contribution is 2.15. The molecule has 0 aromatic heterocycles. The third kappa shape index (κ3) is 3.16. The Kier molecular flexibility index (Phi) is 4.25. The lowest BCUT2D eigenvalue weighted by molar-refractivity contribution is -0.885. The number of quaternary nitrogens is 1. The van der Waals surface area contributed by atoms with Gasteiger partial charge in [-0.25, -0.2) is 0 Å². The number of likely N-dealkylation sites (tertiary alicyclic amines) is 1.